The third kappa shape index (κ3) is 4.86. The van der Waals surface area contributed by atoms with E-state index in [-0.39, 0.29) is 11.7 Å². The van der Waals surface area contributed by atoms with Crippen molar-refractivity contribution >= 4 is 17.3 Å². The molecule has 2 aliphatic rings. The number of benzene rings is 1. The lowest BCUT2D eigenvalue weighted by atomic mass is 10.1. The van der Waals surface area contributed by atoms with Crippen molar-refractivity contribution in [2.45, 2.75) is 44.6 Å². The molecular formula is C23H29FN4O. The molecule has 4 rings (SSSR count). The minimum Gasteiger partial charge on any atom is -0.381 e. The van der Waals surface area contributed by atoms with Crippen LogP contribution < -0.4 is 10.2 Å². The highest BCUT2D eigenvalue weighted by Gasteiger charge is 2.24. The van der Waals surface area contributed by atoms with Crippen LogP contribution in [0.4, 0.5) is 15.8 Å². The first-order valence-electron chi connectivity index (χ1n) is 10.7. The minimum absolute atomic E-state index is 0.0563. The Hall–Kier alpha value is -2.63. The number of anilines is 2. The molecule has 2 fully saturated rings. The number of nitrogens with one attached hydrogen (secondary N) is 1. The summed E-state index contributed by atoms with van der Waals surface area (Å²) in [6.45, 7) is 2.37. The maximum atomic E-state index is 14.0. The summed E-state index contributed by atoms with van der Waals surface area (Å²) in [7, 11) is 0. The number of rotatable bonds is 4. The van der Waals surface area contributed by atoms with Gasteiger partial charge in [-0.2, -0.15) is 0 Å². The van der Waals surface area contributed by atoms with Gasteiger partial charge in [0.25, 0.3) is 5.91 Å². The predicted molar refractivity (Wildman–Crippen MR) is 114 cm³/mol. The number of carbonyl (C=O) groups is 1. The third-order valence-corrected chi connectivity index (χ3v) is 5.97. The van der Waals surface area contributed by atoms with Gasteiger partial charge in [-0.05, 0) is 37.1 Å². The van der Waals surface area contributed by atoms with Gasteiger partial charge >= 0.3 is 0 Å². The van der Waals surface area contributed by atoms with Crippen molar-refractivity contribution in [3.63, 3.8) is 0 Å². The van der Waals surface area contributed by atoms with Crippen molar-refractivity contribution in [3.8, 4) is 0 Å². The average Bonchev–Trinajstić information content (AvgIpc) is 3.03. The first kappa shape index (κ1) is 19.7. The van der Waals surface area contributed by atoms with E-state index >= 15 is 0 Å². The second-order valence-electron chi connectivity index (χ2n) is 8.00. The number of hydrogen-bond donors (Lipinski definition) is 1. The van der Waals surface area contributed by atoms with Crippen LogP contribution in [0.25, 0.3) is 0 Å². The van der Waals surface area contributed by atoms with E-state index in [1.54, 1.807) is 23.2 Å². The summed E-state index contributed by atoms with van der Waals surface area (Å²) in [6.07, 6.45) is 9.39. The highest BCUT2D eigenvalue weighted by atomic mass is 19.1. The van der Waals surface area contributed by atoms with Crippen LogP contribution >= 0.6 is 0 Å². The first-order valence-corrected chi connectivity index (χ1v) is 10.7. The van der Waals surface area contributed by atoms with Crippen molar-refractivity contribution in [2.24, 2.45) is 0 Å². The van der Waals surface area contributed by atoms with E-state index in [4.69, 9.17) is 0 Å². The molecule has 0 radical (unpaired) electrons. The van der Waals surface area contributed by atoms with E-state index in [1.807, 2.05) is 23.1 Å². The Morgan fingerprint density at radius 1 is 0.966 bits per heavy atom. The molecule has 2 aromatic rings. The molecular weight excluding hydrogens is 367 g/mol. The Morgan fingerprint density at radius 2 is 1.69 bits per heavy atom. The lowest BCUT2D eigenvalue weighted by molar-refractivity contribution is 0.0741. The Balaban J connectivity index is 1.32. The summed E-state index contributed by atoms with van der Waals surface area (Å²) >= 11 is 0. The van der Waals surface area contributed by atoms with E-state index in [9.17, 15) is 9.18 Å². The van der Waals surface area contributed by atoms with Crippen LogP contribution in [-0.2, 0) is 0 Å². The smallest absolute Gasteiger partial charge is 0.272 e. The molecule has 1 aromatic heterocycles. The number of hydrogen-bond acceptors (Lipinski definition) is 4. The SMILES string of the molecule is O=C(c1ccc(NC2CCCCCC2)cn1)N1CCN(c2ccccc2F)CC1. The monoisotopic (exact) mass is 396 g/mol. The van der Waals surface area contributed by atoms with E-state index in [1.165, 1.54) is 44.6 Å². The van der Waals surface area contributed by atoms with Gasteiger partial charge in [-0.1, -0.05) is 37.8 Å². The highest BCUT2D eigenvalue weighted by Crippen LogP contribution is 2.22. The van der Waals surface area contributed by atoms with Gasteiger partial charge in [0.2, 0.25) is 0 Å². The normalized spacial score (nSPS) is 18.4. The van der Waals surface area contributed by atoms with Crippen molar-refractivity contribution in [1.29, 1.82) is 0 Å². The van der Waals surface area contributed by atoms with Crippen LogP contribution in [0.1, 0.15) is 49.0 Å². The molecule has 5 nitrogen and oxygen atoms in total. The van der Waals surface area contributed by atoms with E-state index in [2.05, 4.69) is 10.3 Å². The van der Waals surface area contributed by atoms with Crippen LogP contribution in [0.3, 0.4) is 0 Å². The highest BCUT2D eigenvalue weighted by molar-refractivity contribution is 5.92. The van der Waals surface area contributed by atoms with Gasteiger partial charge in [0, 0.05) is 32.2 Å². The molecule has 1 amide bonds. The number of nitrogens with zero attached hydrogens (tertiary/aromatic N) is 3. The molecule has 0 spiro atoms. The van der Waals surface area contributed by atoms with Gasteiger partial charge in [0.15, 0.2) is 0 Å². The first-order chi connectivity index (χ1) is 14.2. The third-order valence-electron chi connectivity index (χ3n) is 5.97. The zero-order valence-corrected chi connectivity index (χ0v) is 16.8. The maximum absolute atomic E-state index is 14.0. The number of carbonyl (C=O) groups excluding carboxylic acids is 1. The molecule has 0 bridgehead atoms. The molecule has 1 aliphatic carbocycles. The molecule has 1 saturated carbocycles. The van der Waals surface area contributed by atoms with Gasteiger partial charge < -0.3 is 15.1 Å². The maximum Gasteiger partial charge on any atom is 0.272 e. The second kappa shape index (κ2) is 9.25. The van der Waals surface area contributed by atoms with Crippen LogP contribution in [0.2, 0.25) is 0 Å². The Kier molecular flexibility index (Phi) is 6.27. The summed E-state index contributed by atoms with van der Waals surface area (Å²) in [4.78, 5) is 21.0. The summed E-state index contributed by atoms with van der Waals surface area (Å²) < 4.78 is 14.0. The fourth-order valence-corrected chi connectivity index (χ4v) is 4.29. The number of pyridine rings is 1. The lowest BCUT2D eigenvalue weighted by Crippen LogP contribution is -2.49. The van der Waals surface area contributed by atoms with Gasteiger partial charge in [0.1, 0.15) is 11.5 Å². The fraction of sp³-hybridized carbons (Fsp3) is 0.478. The molecule has 1 N–H and O–H groups in total. The van der Waals surface area contributed by atoms with E-state index < -0.39 is 0 Å². The fourth-order valence-electron chi connectivity index (χ4n) is 4.29. The van der Waals surface area contributed by atoms with E-state index in [0.29, 0.717) is 43.6 Å². The standard InChI is InChI=1S/C23H29FN4O/c24-20-9-5-6-10-22(20)27-13-15-28(16-14-27)23(29)21-12-11-19(17-25-21)26-18-7-3-1-2-4-8-18/h5-6,9-12,17-18,26H,1-4,7-8,13-16H2. The minimum atomic E-state index is -0.217. The van der Waals surface area contributed by atoms with Gasteiger partial charge in [-0.25, -0.2) is 9.37 Å². The molecule has 1 aromatic carbocycles. The van der Waals surface area contributed by atoms with Crippen molar-refractivity contribution < 1.29 is 9.18 Å². The molecule has 0 atom stereocenters. The van der Waals surface area contributed by atoms with Crippen molar-refractivity contribution in [2.75, 3.05) is 36.4 Å². The van der Waals surface area contributed by atoms with Gasteiger partial charge in [-0.15, -0.1) is 0 Å². The largest absolute Gasteiger partial charge is 0.381 e. The number of piperazine rings is 1. The van der Waals surface area contributed by atoms with Crippen molar-refractivity contribution in [1.82, 2.24) is 9.88 Å². The summed E-state index contributed by atoms with van der Waals surface area (Å²) in [6, 6.07) is 11.1. The summed E-state index contributed by atoms with van der Waals surface area (Å²) in [5, 5.41) is 3.57. The molecule has 154 valence electrons. The molecule has 0 unspecified atom stereocenters. The average molecular weight is 397 g/mol. The number of aromatic nitrogens is 1. The number of halogens is 1. The topological polar surface area (TPSA) is 48.5 Å². The Morgan fingerprint density at radius 3 is 2.34 bits per heavy atom. The molecule has 6 heteroatoms. The van der Waals surface area contributed by atoms with Crippen LogP contribution in [-0.4, -0.2) is 48.0 Å². The van der Waals surface area contributed by atoms with Crippen LogP contribution in [0.5, 0.6) is 0 Å². The quantitative estimate of drug-likeness (QED) is 0.782. The zero-order chi connectivity index (χ0) is 20.1. The van der Waals surface area contributed by atoms with Gasteiger partial charge in [0.05, 0.1) is 17.6 Å². The lowest BCUT2D eigenvalue weighted by Gasteiger charge is -2.36. The number of amides is 1. The Labute approximate surface area is 171 Å². The Bertz CT molecular complexity index is 810. The molecule has 29 heavy (non-hydrogen) atoms. The van der Waals surface area contributed by atoms with Crippen molar-refractivity contribution in [3.05, 3.63) is 54.1 Å². The van der Waals surface area contributed by atoms with Crippen LogP contribution in [0, 0.1) is 5.82 Å². The summed E-state index contributed by atoms with van der Waals surface area (Å²) in [5.41, 5.74) is 2.06. The van der Waals surface area contributed by atoms with Crippen LogP contribution in [0.15, 0.2) is 42.6 Å². The zero-order valence-electron chi connectivity index (χ0n) is 16.8. The molecule has 1 saturated heterocycles. The second-order valence-corrected chi connectivity index (χ2v) is 8.00. The molecule has 2 heterocycles. The number of para-hydroxylation sites is 1. The summed E-state index contributed by atoms with van der Waals surface area (Å²) in [5.74, 6) is -0.273. The van der Waals surface area contributed by atoms with Gasteiger partial charge in [-0.3, -0.25) is 4.79 Å². The molecule has 1 aliphatic heterocycles. The van der Waals surface area contributed by atoms with E-state index in [0.717, 1.165) is 5.69 Å². The predicted octanol–water partition coefficient (Wildman–Crippen LogP) is 4.32.